The third-order valence-corrected chi connectivity index (χ3v) is 5.50. The molecule has 2 aromatic heterocycles. The highest BCUT2D eigenvalue weighted by Gasteiger charge is 2.42. The second-order valence-electron chi connectivity index (χ2n) is 7.02. The summed E-state index contributed by atoms with van der Waals surface area (Å²) in [5, 5.41) is 4.23. The number of carbonyl (C=O) groups excluding carboxylic acids is 2. The standard InChI is InChI=1S/C18H23N5O3/c1-12-15(9-19-16-5-6-20-23(12)16)18(25)21-10-13-3-4-14(11-21)22(17(13)24)7-8-26-2/h5-6,9,13-14H,3-4,7-8,10-11H2,1-2H3/t13-,14+/m0/s1. The van der Waals surface area contributed by atoms with Crippen molar-refractivity contribution in [3.63, 3.8) is 0 Å². The number of piperidine rings is 1. The van der Waals surface area contributed by atoms with Gasteiger partial charge in [-0.15, -0.1) is 0 Å². The van der Waals surface area contributed by atoms with Crippen LogP contribution in [0.1, 0.15) is 28.9 Å². The number of aromatic nitrogens is 3. The predicted octanol–water partition coefficient (Wildman–Crippen LogP) is 0.747. The highest BCUT2D eigenvalue weighted by Crippen LogP contribution is 2.30. The van der Waals surface area contributed by atoms with Crippen LogP contribution in [0.3, 0.4) is 0 Å². The number of ether oxygens (including phenoxy) is 1. The van der Waals surface area contributed by atoms with Gasteiger partial charge in [-0.2, -0.15) is 5.10 Å². The van der Waals surface area contributed by atoms with Gasteiger partial charge in [-0.3, -0.25) is 9.59 Å². The molecule has 3 aliphatic rings. The molecular weight excluding hydrogens is 334 g/mol. The van der Waals surface area contributed by atoms with Crippen LogP contribution in [0.5, 0.6) is 0 Å². The molecule has 0 aromatic carbocycles. The first-order chi connectivity index (χ1) is 12.6. The van der Waals surface area contributed by atoms with Crippen molar-refractivity contribution in [3.05, 3.63) is 29.7 Å². The zero-order valence-corrected chi connectivity index (χ0v) is 15.1. The summed E-state index contributed by atoms with van der Waals surface area (Å²) in [7, 11) is 1.64. The van der Waals surface area contributed by atoms with Gasteiger partial charge in [0, 0.05) is 45.0 Å². The lowest BCUT2D eigenvalue weighted by atomic mass is 9.94. The lowest BCUT2D eigenvalue weighted by Crippen LogP contribution is -2.49. The van der Waals surface area contributed by atoms with Crippen LogP contribution in [0.2, 0.25) is 0 Å². The first-order valence-electron chi connectivity index (χ1n) is 8.98. The van der Waals surface area contributed by atoms with Crippen LogP contribution >= 0.6 is 0 Å². The monoisotopic (exact) mass is 357 g/mol. The van der Waals surface area contributed by atoms with Crippen molar-refractivity contribution in [3.8, 4) is 0 Å². The quantitative estimate of drug-likeness (QED) is 0.807. The molecular formula is C18H23N5O3. The Morgan fingerprint density at radius 3 is 3.00 bits per heavy atom. The lowest BCUT2D eigenvalue weighted by molar-refractivity contribution is -0.140. The molecule has 3 aliphatic heterocycles. The molecule has 0 unspecified atom stereocenters. The molecule has 2 aromatic rings. The van der Waals surface area contributed by atoms with Crippen LogP contribution in [0, 0.1) is 12.8 Å². The van der Waals surface area contributed by atoms with Gasteiger partial charge in [0.25, 0.3) is 5.91 Å². The maximum atomic E-state index is 13.2. The van der Waals surface area contributed by atoms with Gasteiger partial charge in [-0.25, -0.2) is 9.50 Å². The number of hydrogen-bond acceptors (Lipinski definition) is 5. The minimum atomic E-state index is -0.128. The van der Waals surface area contributed by atoms with E-state index in [-0.39, 0.29) is 23.8 Å². The number of fused-ring (bicyclic) bond motifs is 5. The minimum absolute atomic E-state index is 0.0575. The van der Waals surface area contributed by atoms with Gasteiger partial charge in [0.1, 0.15) is 0 Å². The number of amides is 2. The Morgan fingerprint density at radius 1 is 1.35 bits per heavy atom. The van der Waals surface area contributed by atoms with Gasteiger partial charge in [0.05, 0.1) is 30.0 Å². The van der Waals surface area contributed by atoms with E-state index in [0.29, 0.717) is 31.8 Å². The van der Waals surface area contributed by atoms with E-state index >= 15 is 0 Å². The van der Waals surface area contributed by atoms with Crippen molar-refractivity contribution in [1.82, 2.24) is 24.4 Å². The number of methoxy groups -OCH3 is 1. The lowest BCUT2D eigenvalue weighted by Gasteiger charge is -2.35. The van der Waals surface area contributed by atoms with Crippen molar-refractivity contribution in [2.24, 2.45) is 5.92 Å². The molecule has 2 amide bonds. The molecule has 0 saturated carbocycles. The zero-order valence-electron chi connectivity index (χ0n) is 15.1. The van der Waals surface area contributed by atoms with Gasteiger partial charge in [0.15, 0.2) is 5.65 Å². The second-order valence-corrected chi connectivity index (χ2v) is 7.02. The number of carbonyl (C=O) groups is 2. The van der Waals surface area contributed by atoms with Crippen molar-refractivity contribution >= 4 is 17.5 Å². The van der Waals surface area contributed by atoms with E-state index in [0.717, 1.165) is 24.2 Å². The Morgan fingerprint density at radius 2 is 2.19 bits per heavy atom. The second kappa shape index (κ2) is 6.68. The third-order valence-electron chi connectivity index (χ3n) is 5.50. The highest BCUT2D eigenvalue weighted by molar-refractivity contribution is 5.96. The van der Waals surface area contributed by atoms with Crippen molar-refractivity contribution < 1.29 is 14.3 Å². The average Bonchev–Trinajstić information content (AvgIpc) is 2.96. The largest absolute Gasteiger partial charge is 0.383 e. The predicted molar refractivity (Wildman–Crippen MR) is 93.7 cm³/mol. The Labute approximate surface area is 151 Å². The van der Waals surface area contributed by atoms with Crippen LogP contribution in [0.4, 0.5) is 0 Å². The molecule has 3 saturated heterocycles. The summed E-state index contributed by atoms with van der Waals surface area (Å²) in [4.78, 5) is 33.9. The van der Waals surface area contributed by atoms with Gasteiger partial charge >= 0.3 is 0 Å². The van der Waals surface area contributed by atoms with Crippen molar-refractivity contribution in [1.29, 1.82) is 0 Å². The Hall–Kier alpha value is -2.48. The highest BCUT2D eigenvalue weighted by atomic mass is 16.5. The molecule has 3 fully saturated rings. The van der Waals surface area contributed by atoms with E-state index in [9.17, 15) is 9.59 Å². The fourth-order valence-electron chi connectivity index (χ4n) is 4.06. The van der Waals surface area contributed by atoms with Crippen LogP contribution in [-0.4, -0.2) is 75.6 Å². The molecule has 8 nitrogen and oxygen atoms in total. The summed E-state index contributed by atoms with van der Waals surface area (Å²) in [6, 6.07) is 1.86. The van der Waals surface area contributed by atoms with E-state index in [2.05, 4.69) is 10.1 Å². The smallest absolute Gasteiger partial charge is 0.257 e. The molecule has 8 heteroatoms. The van der Waals surface area contributed by atoms with Crippen LogP contribution < -0.4 is 0 Å². The topological polar surface area (TPSA) is 80.0 Å². The third kappa shape index (κ3) is 2.74. The fraction of sp³-hybridized carbons (Fsp3) is 0.556. The van der Waals surface area contributed by atoms with Gasteiger partial charge in [0.2, 0.25) is 5.91 Å². The summed E-state index contributed by atoms with van der Waals surface area (Å²) < 4.78 is 6.82. The summed E-state index contributed by atoms with van der Waals surface area (Å²) >= 11 is 0. The van der Waals surface area contributed by atoms with E-state index in [1.54, 1.807) is 30.1 Å². The molecule has 0 spiro atoms. The average molecular weight is 357 g/mol. The summed E-state index contributed by atoms with van der Waals surface area (Å²) in [5.74, 6) is -0.0621. The summed E-state index contributed by atoms with van der Waals surface area (Å²) in [5.41, 5.74) is 2.03. The number of hydrogen-bond donors (Lipinski definition) is 0. The summed E-state index contributed by atoms with van der Waals surface area (Å²) in [6.45, 7) is 3.99. The van der Waals surface area contributed by atoms with Crippen LogP contribution in [-0.2, 0) is 9.53 Å². The van der Waals surface area contributed by atoms with Gasteiger partial charge in [-0.1, -0.05) is 0 Å². The molecule has 0 aliphatic carbocycles. The van der Waals surface area contributed by atoms with Gasteiger partial charge in [-0.05, 0) is 19.8 Å². The van der Waals surface area contributed by atoms with E-state index in [1.165, 1.54) is 0 Å². The molecule has 5 heterocycles. The molecule has 2 atom stereocenters. The molecule has 0 N–H and O–H groups in total. The Kier molecular flexibility index (Phi) is 4.36. The minimum Gasteiger partial charge on any atom is -0.383 e. The fourth-order valence-corrected chi connectivity index (χ4v) is 4.06. The molecule has 138 valence electrons. The van der Waals surface area contributed by atoms with Gasteiger partial charge < -0.3 is 14.5 Å². The first kappa shape index (κ1) is 17.0. The zero-order chi connectivity index (χ0) is 18.3. The molecule has 0 radical (unpaired) electrons. The number of aryl methyl sites for hydroxylation is 1. The number of rotatable bonds is 4. The maximum Gasteiger partial charge on any atom is 0.257 e. The summed E-state index contributed by atoms with van der Waals surface area (Å²) in [6.07, 6.45) is 5.06. The molecule has 5 rings (SSSR count). The van der Waals surface area contributed by atoms with E-state index in [4.69, 9.17) is 4.74 Å². The first-order valence-corrected chi connectivity index (χ1v) is 8.98. The molecule has 2 bridgehead atoms. The SMILES string of the molecule is COCCN1C(=O)[C@H]2CC[C@@H]1CN(C(=O)c1cnc3ccnn3c1C)C2. The maximum absolute atomic E-state index is 13.2. The molecule has 26 heavy (non-hydrogen) atoms. The van der Waals surface area contributed by atoms with E-state index < -0.39 is 0 Å². The van der Waals surface area contributed by atoms with Crippen molar-refractivity contribution in [2.75, 3.05) is 33.4 Å². The van der Waals surface area contributed by atoms with Crippen LogP contribution in [0.25, 0.3) is 5.65 Å². The number of nitrogens with zero attached hydrogens (tertiary/aromatic N) is 5. The Bertz CT molecular complexity index is 848. The Balaban J connectivity index is 1.60. The van der Waals surface area contributed by atoms with E-state index in [1.807, 2.05) is 16.7 Å². The van der Waals surface area contributed by atoms with Crippen molar-refractivity contribution in [2.45, 2.75) is 25.8 Å². The normalized spacial score (nSPS) is 22.9. The van der Waals surface area contributed by atoms with Crippen LogP contribution in [0.15, 0.2) is 18.5 Å².